The SMILES string of the molecule is C#CCN(CCC)C(=O)CCCOCC. The number of carbonyl (C=O) groups is 1. The first-order valence-electron chi connectivity index (χ1n) is 5.55. The molecule has 0 radical (unpaired) electrons. The molecule has 0 aromatic carbocycles. The summed E-state index contributed by atoms with van der Waals surface area (Å²) in [6.07, 6.45) is 7.45. The highest BCUT2D eigenvalue weighted by molar-refractivity contribution is 5.76. The Bertz CT molecular complexity index is 208. The molecule has 0 heterocycles. The molecule has 3 nitrogen and oxygen atoms in total. The Balaban J connectivity index is 3.77. The maximum absolute atomic E-state index is 11.7. The zero-order valence-electron chi connectivity index (χ0n) is 9.79. The summed E-state index contributed by atoms with van der Waals surface area (Å²) in [5, 5.41) is 0. The van der Waals surface area contributed by atoms with Gasteiger partial charge in [-0.15, -0.1) is 6.42 Å². The summed E-state index contributed by atoms with van der Waals surface area (Å²) in [6.45, 7) is 6.51. The second kappa shape index (κ2) is 9.54. The number of terminal acetylenes is 1. The Hall–Kier alpha value is -1.01. The topological polar surface area (TPSA) is 29.5 Å². The lowest BCUT2D eigenvalue weighted by Crippen LogP contribution is -2.32. The Kier molecular flexibility index (Phi) is 8.90. The predicted molar refractivity (Wildman–Crippen MR) is 61.4 cm³/mol. The summed E-state index contributed by atoms with van der Waals surface area (Å²) in [5.41, 5.74) is 0. The summed E-state index contributed by atoms with van der Waals surface area (Å²) in [5.74, 6) is 2.64. The van der Waals surface area contributed by atoms with E-state index in [0.717, 1.165) is 19.4 Å². The van der Waals surface area contributed by atoms with Crippen molar-refractivity contribution in [2.24, 2.45) is 0 Å². The number of nitrogens with zero attached hydrogens (tertiary/aromatic N) is 1. The maximum Gasteiger partial charge on any atom is 0.223 e. The largest absolute Gasteiger partial charge is 0.382 e. The van der Waals surface area contributed by atoms with E-state index in [2.05, 4.69) is 5.92 Å². The third-order valence-electron chi connectivity index (χ3n) is 2.01. The molecule has 3 heteroatoms. The average molecular weight is 211 g/mol. The summed E-state index contributed by atoms with van der Waals surface area (Å²) in [6, 6.07) is 0. The van der Waals surface area contributed by atoms with Crippen LogP contribution >= 0.6 is 0 Å². The Morgan fingerprint density at radius 2 is 2.20 bits per heavy atom. The average Bonchev–Trinajstić information content (AvgIpc) is 2.24. The number of hydrogen-bond acceptors (Lipinski definition) is 2. The van der Waals surface area contributed by atoms with Crippen LogP contribution < -0.4 is 0 Å². The van der Waals surface area contributed by atoms with Gasteiger partial charge in [0.25, 0.3) is 0 Å². The Morgan fingerprint density at radius 1 is 1.47 bits per heavy atom. The van der Waals surface area contributed by atoms with Crippen LogP contribution in [0, 0.1) is 12.3 Å². The molecule has 0 N–H and O–H groups in total. The zero-order valence-corrected chi connectivity index (χ0v) is 9.79. The molecule has 0 rings (SSSR count). The second-order valence-corrected chi connectivity index (χ2v) is 3.32. The van der Waals surface area contributed by atoms with Gasteiger partial charge in [-0.25, -0.2) is 0 Å². The highest BCUT2D eigenvalue weighted by atomic mass is 16.5. The van der Waals surface area contributed by atoms with Gasteiger partial charge in [-0.2, -0.15) is 0 Å². The Labute approximate surface area is 92.8 Å². The van der Waals surface area contributed by atoms with Crippen LogP contribution in [0.4, 0.5) is 0 Å². The molecule has 86 valence electrons. The van der Waals surface area contributed by atoms with Gasteiger partial charge in [-0.1, -0.05) is 12.8 Å². The molecular weight excluding hydrogens is 190 g/mol. The van der Waals surface area contributed by atoms with Gasteiger partial charge in [0, 0.05) is 26.2 Å². The van der Waals surface area contributed by atoms with Crippen molar-refractivity contribution < 1.29 is 9.53 Å². The van der Waals surface area contributed by atoms with Crippen molar-refractivity contribution in [3.8, 4) is 12.3 Å². The van der Waals surface area contributed by atoms with E-state index in [0.29, 0.717) is 26.2 Å². The molecule has 0 aliphatic carbocycles. The number of ether oxygens (including phenoxy) is 1. The zero-order chi connectivity index (χ0) is 11.5. The van der Waals surface area contributed by atoms with Crippen LogP contribution in [0.3, 0.4) is 0 Å². The van der Waals surface area contributed by atoms with Crippen molar-refractivity contribution in [2.45, 2.75) is 33.1 Å². The second-order valence-electron chi connectivity index (χ2n) is 3.32. The van der Waals surface area contributed by atoms with Crippen molar-refractivity contribution in [3.63, 3.8) is 0 Å². The third-order valence-corrected chi connectivity index (χ3v) is 2.01. The maximum atomic E-state index is 11.7. The third kappa shape index (κ3) is 6.98. The number of rotatable bonds is 8. The molecule has 0 saturated carbocycles. The highest BCUT2D eigenvalue weighted by Crippen LogP contribution is 1.99. The number of hydrogen-bond donors (Lipinski definition) is 0. The first-order valence-corrected chi connectivity index (χ1v) is 5.55. The van der Waals surface area contributed by atoms with Crippen LogP contribution in [0.5, 0.6) is 0 Å². The lowest BCUT2D eigenvalue weighted by atomic mass is 10.2. The van der Waals surface area contributed by atoms with E-state index in [1.807, 2.05) is 13.8 Å². The molecule has 0 fully saturated rings. The van der Waals surface area contributed by atoms with Crippen LogP contribution in [0.1, 0.15) is 33.1 Å². The highest BCUT2D eigenvalue weighted by Gasteiger charge is 2.10. The summed E-state index contributed by atoms with van der Waals surface area (Å²) < 4.78 is 5.17. The van der Waals surface area contributed by atoms with Crippen molar-refractivity contribution in [3.05, 3.63) is 0 Å². The van der Waals surface area contributed by atoms with Gasteiger partial charge in [0.1, 0.15) is 0 Å². The van der Waals surface area contributed by atoms with E-state index in [9.17, 15) is 4.79 Å². The predicted octanol–water partition coefficient (Wildman–Crippen LogP) is 1.67. The van der Waals surface area contributed by atoms with Gasteiger partial charge in [0.05, 0.1) is 6.54 Å². The molecule has 0 aliphatic heterocycles. The van der Waals surface area contributed by atoms with Gasteiger partial charge in [-0.05, 0) is 19.8 Å². The first-order chi connectivity index (χ1) is 7.26. The van der Waals surface area contributed by atoms with Crippen LogP contribution in [-0.2, 0) is 9.53 Å². The van der Waals surface area contributed by atoms with Crippen LogP contribution in [-0.4, -0.2) is 37.1 Å². The van der Waals surface area contributed by atoms with E-state index in [4.69, 9.17) is 11.2 Å². The lowest BCUT2D eigenvalue weighted by molar-refractivity contribution is -0.131. The fourth-order valence-corrected chi connectivity index (χ4v) is 1.30. The van der Waals surface area contributed by atoms with E-state index in [-0.39, 0.29) is 5.91 Å². The number of amides is 1. The standard InChI is InChI=1S/C12H21NO2/c1-4-9-13(10-5-2)12(14)8-7-11-15-6-3/h1H,5-11H2,2-3H3. The van der Waals surface area contributed by atoms with Gasteiger partial charge >= 0.3 is 0 Å². The van der Waals surface area contributed by atoms with Gasteiger partial charge in [-0.3, -0.25) is 4.79 Å². The smallest absolute Gasteiger partial charge is 0.223 e. The quantitative estimate of drug-likeness (QED) is 0.451. The molecule has 0 aliphatic rings. The van der Waals surface area contributed by atoms with Gasteiger partial charge in [0.2, 0.25) is 5.91 Å². The summed E-state index contributed by atoms with van der Waals surface area (Å²) in [4.78, 5) is 13.4. The molecule has 0 aromatic rings. The minimum absolute atomic E-state index is 0.134. The van der Waals surface area contributed by atoms with Crippen molar-refractivity contribution in [2.75, 3.05) is 26.3 Å². The van der Waals surface area contributed by atoms with E-state index in [1.54, 1.807) is 4.90 Å². The van der Waals surface area contributed by atoms with E-state index in [1.165, 1.54) is 0 Å². The van der Waals surface area contributed by atoms with Crippen LogP contribution in [0.25, 0.3) is 0 Å². The van der Waals surface area contributed by atoms with Crippen molar-refractivity contribution >= 4 is 5.91 Å². The van der Waals surface area contributed by atoms with Gasteiger partial charge in [0.15, 0.2) is 0 Å². The van der Waals surface area contributed by atoms with E-state index >= 15 is 0 Å². The summed E-state index contributed by atoms with van der Waals surface area (Å²) >= 11 is 0. The fraction of sp³-hybridized carbons (Fsp3) is 0.750. The van der Waals surface area contributed by atoms with Gasteiger partial charge < -0.3 is 9.64 Å². The van der Waals surface area contributed by atoms with E-state index < -0.39 is 0 Å². The minimum Gasteiger partial charge on any atom is -0.382 e. The van der Waals surface area contributed by atoms with Crippen LogP contribution in [0.2, 0.25) is 0 Å². The minimum atomic E-state index is 0.134. The van der Waals surface area contributed by atoms with Crippen molar-refractivity contribution in [1.29, 1.82) is 0 Å². The lowest BCUT2D eigenvalue weighted by Gasteiger charge is -2.19. The van der Waals surface area contributed by atoms with Crippen molar-refractivity contribution in [1.82, 2.24) is 4.90 Å². The molecule has 1 amide bonds. The molecule has 15 heavy (non-hydrogen) atoms. The molecule has 0 unspecified atom stereocenters. The Morgan fingerprint density at radius 3 is 2.73 bits per heavy atom. The monoisotopic (exact) mass is 211 g/mol. The molecule has 0 aromatic heterocycles. The first kappa shape index (κ1) is 14.0. The molecule has 0 bridgehead atoms. The molecular formula is C12H21NO2. The number of carbonyl (C=O) groups excluding carboxylic acids is 1. The summed E-state index contributed by atoms with van der Waals surface area (Å²) in [7, 11) is 0. The fourth-order valence-electron chi connectivity index (χ4n) is 1.30. The van der Waals surface area contributed by atoms with Crippen LogP contribution in [0.15, 0.2) is 0 Å². The molecule has 0 spiro atoms. The normalized spacial score (nSPS) is 9.67. The molecule has 0 saturated heterocycles. The molecule has 0 atom stereocenters.